The van der Waals surface area contributed by atoms with E-state index in [2.05, 4.69) is 20.7 Å². The second-order valence-corrected chi connectivity index (χ2v) is 9.28. The Bertz CT molecular complexity index is 477. The van der Waals surface area contributed by atoms with Crippen LogP contribution in [0.25, 0.3) is 0 Å². The number of rotatable bonds is 5. The van der Waals surface area contributed by atoms with Gasteiger partial charge in [-0.15, -0.1) is 22.9 Å². The van der Waals surface area contributed by atoms with Crippen molar-refractivity contribution in [3.63, 3.8) is 0 Å². The maximum absolute atomic E-state index is 12.0. The van der Waals surface area contributed by atoms with E-state index in [1.165, 1.54) is 11.3 Å². The minimum Gasteiger partial charge on any atom is -0.210 e. The predicted molar refractivity (Wildman–Crippen MR) is 76.4 cm³/mol. The van der Waals surface area contributed by atoms with Crippen molar-refractivity contribution < 1.29 is 8.42 Å². The van der Waals surface area contributed by atoms with Crippen LogP contribution in [0.5, 0.6) is 0 Å². The van der Waals surface area contributed by atoms with E-state index in [-0.39, 0.29) is 5.41 Å². The Morgan fingerprint density at radius 1 is 1.53 bits per heavy atom. The zero-order valence-electron chi connectivity index (χ0n) is 9.88. The SMILES string of the molecule is Cc1cc(S(=O)(=O)NCC(C)(C)CCl)sc1Br. The van der Waals surface area contributed by atoms with Crippen molar-refractivity contribution in [2.75, 3.05) is 12.4 Å². The van der Waals surface area contributed by atoms with Crippen LogP contribution in [0.3, 0.4) is 0 Å². The molecule has 98 valence electrons. The van der Waals surface area contributed by atoms with Crippen LogP contribution >= 0.6 is 38.9 Å². The first-order chi connectivity index (χ1) is 7.68. The fourth-order valence-corrected chi connectivity index (χ4v) is 4.58. The molecule has 0 unspecified atom stereocenters. The molecule has 0 aliphatic carbocycles. The lowest BCUT2D eigenvalue weighted by Gasteiger charge is -2.21. The van der Waals surface area contributed by atoms with E-state index in [0.29, 0.717) is 16.6 Å². The molecule has 0 atom stereocenters. The fraction of sp³-hybridized carbons (Fsp3) is 0.600. The van der Waals surface area contributed by atoms with Gasteiger partial charge in [0.05, 0.1) is 3.79 Å². The highest BCUT2D eigenvalue weighted by Crippen LogP contribution is 2.30. The summed E-state index contributed by atoms with van der Waals surface area (Å²) in [5.74, 6) is 0.405. The summed E-state index contributed by atoms with van der Waals surface area (Å²) in [6, 6.07) is 1.66. The van der Waals surface area contributed by atoms with Crippen molar-refractivity contribution in [2.24, 2.45) is 5.41 Å². The van der Waals surface area contributed by atoms with Crippen LogP contribution < -0.4 is 4.72 Å². The van der Waals surface area contributed by atoms with Crippen LogP contribution in [0.1, 0.15) is 19.4 Å². The van der Waals surface area contributed by atoms with E-state index < -0.39 is 10.0 Å². The number of alkyl halides is 1. The van der Waals surface area contributed by atoms with E-state index in [4.69, 9.17) is 11.6 Å². The van der Waals surface area contributed by atoms with Crippen LogP contribution in [-0.4, -0.2) is 20.8 Å². The second kappa shape index (κ2) is 5.57. The molecule has 0 fully saturated rings. The quantitative estimate of drug-likeness (QED) is 0.818. The van der Waals surface area contributed by atoms with Crippen molar-refractivity contribution >= 4 is 48.9 Å². The largest absolute Gasteiger partial charge is 0.250 e. The van der Waals surface area contributed by atoms with Gasteiger partial charge >= 0.3 is 0 Å². The molecule has 0 saturated carbocycles. The monoisotopic (exact) mass is 359 g/mol. The highest BCUT2D eigenvalue weighted by Gasteiger charge is 2.23. The predicted octanol–water partition coefficient (Wildman–Crippen LogP) is 3.36. The Hall–Kier alpha value is 0.380. The van der Waals surface area contributed by atoms with Crippen molar-refractivity contribution in [3.8, 4) is 0 Å². The van der Waals surface area contributed by atoms with Gasteiger partial charge in [-0.05, 0) is 39.9 Å². The molecule has 0 amide bonds. The highest BCUT2D eigenvalue weighted by molar-refractivity contribution is 9.11. The van der Waals surface area contributed by atoms with Crippen molar-refractivity contribution in [2.45, 2.75) is 25.0 Å². The van der Waals surface area contributed by atoms with Crippen molar-refractivity contribution in [3.05, 3.63) is 15.4 Å². The molecular weight excluding hydrogens is 346 g/mol. The minimum absolute atomic E-state index is 0.252. The molecule has 3 nitrogen and oxygen atoms in total. The third-order valence-corrected chi connectivity index (χ3v) is 6.94. The summed E-state index contributed by atoms with van der Waals surface area (Å²) in [6.07, 6.45) is 0. The standard InChI is InChI=1S/C10H15BrClNO2S2/c1-7-4-8(16-9(7)11)17(14,15)13-6-10(2,3)5-12/h4,13H,5-6H2,1-3H3. The number of hydrogen-bond donors (Lipinski definition) is 1. The van der Waals surface area contributed by atoms with Gasteiger partial charge in [0.2, 0.25) is 10.0 Å². The van der Waals surface area contributed by atoms with Gasteiger partial charge in [-0.25, -0.2) is 13.1 Å². The number of thiophene rings is 1. The molecule has 0 bridgehead atoms. The molecule has 17 heavy (non-hydrogen) atoms. The van der Waals surface area contributed by atoms with Gasteiger partial charge in [-0.1, -0.05) is 13.8 Å². The maximum Gasteiger partial charge on any atom is 0.250 e. The summed E-state index contributed by atoms with van der Waals surface area (Å²) in [7, 11) is -3.43. The van der Waals surface area contributed by atoms with Crippen LogP contribution in [-0.2, 0) is 10.0 Å². The third kappa shape index (κ3) is 4.21. The van der Waals surface area contributed by atoms with Gasteiger partial charge in [0, 0.05) is 12.4 Å². The number of halogens is 2. The van der Waals surface area contributed by atoms with E-state index in [9.17, 15) is 8.42 Å². The molecule has 1 aromatic rings. The Labute approximate surface area is 120 Å². The summed E-state index contributed by atoms with van der Waals surface area (Å²) in [5.41, 5.74) is 0.671. The fourth-order valence-electron chi connectivity index (χ4n) is 0.973. The Balaban J connectivity index is 2.83. The lowest BCUT2D eigenvalue weighted by molar-refractivity contribution is 0.414. The normalized spacial score (nSPS) is 13.0. The molecule has 0 radical (unpaired) electrons. The van der Waals surface area contributed by atoms with Crippen LogP contribution in [0.15, 0.2) is 14.1 Å². The van der Waals surface area contributed by atoms with Crippen LogP contribution in [0.2, 0.25) is 0 Å². The first kappa shape index (κ1) is 15.4. The van der Waals surface area contributed by atoms with Gasteiger partial charge in [-0.2, -0.15) is 0 Å². The summed E-state index contributed by atoms with van der Waals surface area (Å²) in [4.78, 5) is 0. The van der Waals surface area contributed by atoms with Crippen LogP contribution in [0.4, 0.5) is 0 Å². The zero-order valence-corrected chi connectivity index (χ0v) is 13.9. The molecule has 1 heterocycles. The smallest absolute Gasteiger partial charge is 0.210 e. The van der Waals surface area contributed by atoms with E-state index >= 15 is 0 Å². The zero-order chi connectivity index (χ0) is 13.3. The molecule has 1 rings (SSSR count). The number of aryl methyl sites for hydroxylation is 1. The van der Waals surface area contributed by atoms with Gasteiger partial charge < -0.3 is 0 Å². The molecule has 0 aliphatic rings. The topological polar surface area (TPSA) is 46.2 Å². The molecule has 0 aromatic carbocycles. The molecule has 0 saturated heterocycles. The highest BCUT2D eigenvalue weighted by atomic mass is 79.9. The minimum atomic E-state index is -3.43. The first-order valence-electron chi connectivity index (χ1n) is 4.99. The third-order valence-electron chi connectivity index (χ3n) is 2.20. The lowest BCUT2D eigenvalue weighted by Crippen LogP contribution is -2.34. The Kier molecular flexibility index (Phi) is 5.06. The average molecular weight is 361 g/mol. The van der Waals surface area contributed by atoms with Gasteiger partial charge in [0.1, 0.15) is 4.21 Å². The Morgan fingerprint density at radius 2 is 2.12 bits per heavy atom. The molecule has 0 spiro atoms. The summed E-state index contributed by atoms with van der Waals surface area (Å²) < 4.78 is 27.7. The summed E-state index contributed by atoms with van der Waals surface area (Å²) in [6.45, 7) is 6.02. The summed E-state index contributed by atoms with van der Waals surface area (Å²) >= 11 is 10.3. The van der Waals surface area contributed by atoms with E-state index in [1.807, 2.05) is 20.8 Å². The Morgan fingerprint density at radius 3 is 2.53 bits per heavy atom. The first-order valence-corrected chi connectivity index (χ1v) is 8.62. The van der Waals surface area contributed by atoms with Crippen molar-refractivity contribution in [1.82, 2.24) is 4.72 Å². The molecular formula is C10H15BrClNO2S2. The van der Waals surface area contributed by atoms with Gasteiger partial charge in [-0.3, -0.25) is 0 Å². The molecule has 1 aromatic heterocycles. The van der Waals surface area contributed by atoms with E-state index in [1.54, 1.807) is 6.07 Å². The number of hydrogen-bond acceptors (Lipinski definition) is 3. The molecule has 7 heteroatoms. The molecule has 1 N–H and O–H groups in total. The number of nitrogens with one attached hydrogen (secondary N) is 1. The summed E-state index contributed by atoms with van der Waals surface area (Å²) in [5, 5.41) is 0. The second-order valence-electron chi connectivity index (χ2n) is 4.64. The molecule has 0 aliphatic heterocycles. The van der Waals surface area contributed by atoms with Crippen molar-refractivity contribution in [1.29, 1.82) is 0 Å². The van der Waals surface area contributed by atoms with Crippen LogP contribution in [0, 0.1) is 12.3 Å². The van der Waals surface area contributed by atoms with Gasteiger partial charge in [0.25, 0.3) is 0 Å². The van der Waals surface area contributed by atoms with E-state index in [0.717, 1.165) is 9.35 Å². The maximum atomic E-state index is 12.0. The lowest BCUT2D eigenvalue weighted by atomic mass is 9.97. The van der Waals surface area contributed by atoms with Gasteiger partial charge in [0.15, 0.2) is 0 Å². The number of sulfonamides is 1. The average Bonchev–Trinajstić information content (AvgIpc) is 2.58.